The summed E-state index contributed by atoms with van der Waals surface area (Å²) in [6, 6.07) is 0. The van der Waals surface area contributed by atoms with Crippen molar-refractivity contribution >= 4 is 0 Å². The number of rotatable bonds is 0. The molecule has 0 aromatic carbocycles. The first-order valence-electron chi connectivity index (χ1n) is 10.5. The topological polar surface area (TPSA) is 58.9 Å². The van der Waals surface area contributed by atoms with Crippen molar-refractivity contribution in [3.63, 3.8) is 0 Å². The molecule has 1 heterocycles. The Morgan fingerprint density at radius 1 is 0.800 bits per heavy atom. The van der Waals surface area contributed by atoms with Gasteiger partial charge in [-0.1, -0.05) is 13.8 Å². The van der Waals surface area contributed by atoms with Crippen molar-refractivity contribution in [1.29, 1.82) is 0 Å². The molecule has 5 rings (SSSR count). The van der Waals surface area contributed by atoms with E-state index < -0.39 is 5.60 Å². The molecule has 1 aliphatic heterocycles. The van der Waals surface area contributed by atoms with Crippen LogP contribution in [0.3, 0.4) is 0 Å². The van der Waals surface area contributed by atoms with E-state index in [4.69, 9.17) is 9.47 Å². The third-order valence-corrected chi connectivity index (χ3v) is 9.58. The summed E-state index contributed by atoms with van der Waals surface area (Å²) >= 11 is 0. The van der Waals surface area contributed by atoms with Crippen LogP contribution in [0.15, 0.2) is 0 Å². The van der Waals surface area contributed by atoms with Crippen LogP contribution in [-0.2, 0) is 9.47 Å². The van der Waals surface area contributed by atoms with E-state index in [1.165, 1.54) is 12.8 Å². The van der Waals surface area contributed by atoms with Gasteiger partial charge in [0.1, 0.15) is 0 Å². The minimum atomic E-state index is -0.670. The summed E-state index contributed by atoms with van der Waals surface area (Å²) in [6.45, 7) is 6.23. The van der Waals surface area contributed by atoms with Crippen LogP contribution in [0, 0.1) is 28.6 Å². The molecule has 0 aromatic heterocycles. The van der Waals surface area contributed by atoms with Crippen LogP contribution >= 0.6 is 0 Å². The highest BCUT2D eigenvalue weighted by Gasteiger charge is 2.69. The van der Waals surface area contributed by atoms with Crippen molar-refractivity contribution in [2.24, 2.45) is 28.6 Å². The Kier molecular flexibility index (Phi) is 3.54. The van der Waals surface area contributed by atoms with Crippen molar-refractivity contribution in [3.05, 3.63) is 0 Å². The molecule has 5 aliphatic rings. The molecule has 0 bridgehead atoms. The average molecular weight is 350 g/mol. The lowest BCUT2D eigenvalue weighted by atomic mass is 9.43. The number of aliphatic hydroxyl groups excluding tert-OH is 1. The van der Waals surface area contributed by atoms with Crippen LogP contribution in [0.1, 0.15) is 71.6 Å². The van der Waals surface area contributed by atoms with Gasteiger partial charge in [-0.3, -0.25) is 0 Å². The molecule has 0 radical (unpaired) electrons. The van der Waals surface area contributed by atoms with E-state index >= 15 is 0 Å². The fourth-order valence-corrected chi connectivity index (χ4v) is 8.11. The zero-order valence-corrected chi connectivity index (χ0v) is 15.8. The van der Waals surface area contributed by atoms with Crippen LogP contribution in [0.4, 0.5) is 0 Å². The predicted molar refractivity (Wildman–Crippen MR) is 93.8 cm³/mol. The van der Waals surface area contributed by atoms with E-state index in [9.17, 15) is 10.2 Å². The molecule has 5 fully saturated rings. The molecule has 4 heteroatoms. The lowest BCUT2D eigenvalue weighted by Crippen LogP contribution is -2.63. The number of fused-ring (bicyclic) bond motifs is 6. The Labute approximate surface area is 151 Å². The van der Waals surface area contributed by atoms with E-state index in [0.717, 1.165) is 51.7 Å². The Bertz CT molecular complexity index is 558. The first kappa shape index (κ1) is 17.0. The first-order valence-corrected chi connectivity index (χ1v) is 10.5. The highest BCUT2D eigenvalue weighted by atomic mass is 16.7. The molecule has 0 amide bonds. The van der Waals surface area contributed by atoms with Gasteiger partial charge in [-0.15, -0.1) is 0 Å². The summed E-state index contributed by atoms with van der Waals surface area (Å²) in [7, 11) is 0. The molecule has 4 aliphatic carbocycles. The van der Waals surface area contributed by atoms with Crippen molar-refractivity contribution in [2.75, 3.05) is 13.2 Å². The standard InChI is InChI=1S/C21H34O4/c1-18-7-3-14(22)13-20(18,23)9-4-15-16(18)5-8-19(2)17(15)6-10-21(19)24-11-12-25-21/h14-17,22-23H,3-13H2,1-2H3/t14-,15+,16-,17-,18+,19-,20+/m0/s1. The Morgan fingerprint density at radius 3 is 2.20 bits per heavy atom. The third kappa shape index (κ3) is 1.98. The molecular formula is C21H34O4. The fraction of sp³-hybridized carbons (Fsp3) is 1.00. The maximum atomic E-state index is 11.5. The highest BCUT2D eigenvalue weighted by molar-refractivity contribution is 5.16. The van der Waals surface area contributed by atoms with Crippen molar-refractivity contribution < 1.29 is 19.7 Å². The number of aliphatic hydroxyl groups is 2. The van der Waals surface area contributed by atoms with E-state index in [1.807, 2.05) is 0 Å². The minimum Gasteiger partial charge on any atom is -0.393 e. The van der Waals surface area contributed by atoms with E-state index in [1.54, 1.807) is 0 Å². The van der Waals surface area contributed by atoms with Gasteiger partial charge in [0, 0.05) is 18.3 Å². The molecule has 1 spiro atoms. The van der Waals surface area contributed by atoms with Gasteiger partial charge in [0.25, 0.3) is 0 Å². The maximum Gasteiger partial charge on any atom is 0.174 e. The normalized spacial score (nSPS) is 57.1. The number of hydrogen-bond acceptors (Lipinski definition) is 4. The molecule has 4 nitrogen and oxygen atoms in total. The highest BCUT2D eigenvalue weighted by Crippen LogP contribution is 2.70. The van der Waals surface area contributed by atoms with E-state index in [-0.39, 0.29) is 22.7 Å². The summed E-state index contributed by atoms with van der Waals surface area (Å²) in [5.74, 6) is 1.57. The SMILES string of the molecule is C[C@]12CC[C@H]3[C@@H](CC[C@@]4(O)C[C@@H](O)CC[C@]34C)[C@@H]1CCC21OCCO1. The molecule has 7 atom stereocenters. The molecule has 142 valence electrons. The molecule has 0 unspecified atom stereocenters. The second kappa shape index (κ2) is 5.21. The molecule has 0 aromatic rings. The van der Waals surface area contributed by atoms with Gasteiger partial charge in [0.15, 0.2) is 5.79 Å². The third-order valence-electron chi connectivity index (χ3n) is 9.58. The van der Waals surface area contributed by atoms with Crippen LogP contribution in [0.25, 0.3) is 0 Å². The van der Waals surface area contributed by atoms with Gasteiger partial charge >= 0.3 is 0 Å². The van der Waals surface area contributed by atoms with Gasteiger partial charge in [-0.05, 0) is 68.1 Å². The smallest absolute Gasteiger partial charge is 0.174 e. The largest absolute Gasteiger partial charge is 0.393 e. The van der Waals surface area contributed by atoms with Crippen LogP contribution in [0.2, 0.25) is 0 Å². The number of hydrogen-bond donors (Lipinski definition) is 2. The Morgan fingerprint density at radius 2 is 1.44 bits per heavy atom. The average Bonchev–Trinajstić information content (AvgIpc) is 3.16. The predicted octanol–water partition coefficient (Wildman–Crippen LogP) is 3.25. The van der Waals surface area contributed by atoms with Crippen LogP contribution in [-0.4, -0.2) is 40.9 Å². The summed E-state index contributed by atoms with van der Waals surface area (Å²) in [5.41, 5.74) is -0.579. The van der Waals surface area contributed by atoms with Gasteiger partial charge in [-0.25, -0.2) is 0 Å². The lowest BCUT2D eigenvalue weighted by molar-refractivity contribution is -0.262. The second-order valence-corrected chi connectivity index (χ2v) is 10.2. The van der Waals surface area contributed by atoms with Crippen molar-refractivity contribution in [3.8, 4) is 0 Å². The summed E-state index contributed by atoms with van der Waals surface area (Å²) in [5, 5.41) is 21.6. The quantitative estimate of drug-likeness (QED) is 0.704. The molecular weight excluding hydrogens is 316 g/mol. The Hall–Kier alpha value is -0.160. The van der Waals surface area contributed by atoms with Crippen LogP contribution < -0.4 is 0 Å². The summed E-state index contributed by atoms with van der Waals surface area (Å²) in [4.78, 5) is 0. The van der Waals surface area contributed by atoms with Gasteiger partial charge < -0.3 is 19.7 Å². The first-order chi connectivity index (χ1) is 11.8. The molecule has 4 saturated carbocycles. The van der Waals surface area contributed by atoms with Crippen molar-refractivity contribution in [2.45, 2.75) is 89.1 Å². The summed E-state index contributed by atoms with van der Waals surface area (Å²) in [6.07, 6.45) is 8.57. The lowest BCUT2D eigenvalue weighted by Gasteiger charge is -2.64. The van der Waals surface area contributed by atoms with E-state index in [2.05, 4.69) is 13.8 Å². The van der Waals surface area contributed by atoms with Gasteiger partial charge in [-0.2, -0.15) is 0 Å². The van der Waals surface area contributed by atoms with Crippen molar-refractivity contribution in [1.82, 2.24) is 0 Å². The van der Waals surface area contributed by atoms with E-state index in [0.29, 0.717) is 24.2 Å². The van der Waals surface area contributed by atoms with Gasteiger partial charge in [0.05, 0.1) is 24.9 Å². The van der Waals surface area contributed by atoms with Crippen LogP contribution in [0.5, 0.6) is 0 Å². The number of ether oxygens (including phenoxy) is 2. The minimum absolute atomic E-state index is 0.0381. The zero-order valence-electron chi connectivity index (χ0n) is 15.8. The Balaban J connectivity index is 1.48. The zero-order chi connectivity index (χ0) is 17.5. The summed E-state index contributed by atoms with van der Waals surface area (Å²) < 4.78 is 12.4. The second-order valence-electron chi connectivity index (χ2n) is 10.2. The molecule has 2 N–H and O–H groups in total. The van der Waals surface area contributed by atoms with Gasteiger partial charge in [0.2, 0.25) is 0 Å². The fourth-order valence-electron chi connectivity index (χ4n) is 8.11. The monoisotopic (exact) mass is 350 g/mol. The molecule has 25 heavy (non-hydrogen) atoms. The maximum absolute atomic E-state index is 11.5. The molecule has 1 saturated heterocycles.